The molecule has 0 aromatic carbocycles. The Balaban J connectivity index is 4.99. The van der Waals surface area contributed by atoms with Gasteiger partial charge in [0.1, 0.15) is 0 Å². The second kappa shape index (κ2) is 9.28. The van der Waals surface area contributed by atoms with Gasteiger partial charge in [-0.3, -0.25) is 0 Å². The smallest absolute Gasteiger partial charge is 0.192 e. The molecule has 0 radical (unpaired) electrons. The van der Waals surface area contributed by atoms with Gasteiger partial charge in [-0.05, 0) is 36.9 Å². The van der Waals surface area contributed by atoms with Gasteiger partial charge in [0.25, 0.3) is 0 Å². The van der Waals surface area contributed by atoms with E-state index in [0.717, 1.165) is 6.61 Å². The first-order valence-corrected chi connectivity index (χ1v) is 13.4. The van der Waals surface area contributed by atoms with E-state index in [4.69, 9.17) is 4.43 Å². The van der Waals surface area contributed by atoms with E-state index in [0.29, 0.717) is 21.8 Å². The van der Waals surface area contributed by atoms with Gasteiger partial charge in [-0.15, -0.1) is 11.8 Å². The van der Waals surface area contributed by atoms with E-state index in [1.165, 1.54) is 12.0 Å². The summed E-state index contributed by atoms with van der Waals surface area (Å²) in [7, 11) is -1.65. The van der Waals surface area contributed by atoms with Gasteiger partial charge in [0.15, 0.2) is 8.32 Å². The van der Waals surface area contributed by atoms with Crippen LogP contribution in [0.1, 0.15) is 75.7 Å². The number of hydrogen-bond donors (Lipinski definition) is 0. The molecule has 0 fully saturated rings. The molecule has 24 heavy (non-hydrogen) atoms. The van der Waals surface area contributed by atoms with E-state index in [-0.39, 0.29) is 5.04 Å². The topological polar surface area (TPSA) is 9.23 Å². The Morgan fingerprint density at radius 3 is 1.96 bits per heavy atom. The maximum Gasteiger partial charge on any atom is 0.192 e. The zero-order chi connectivity index (χ0) is 19.3. The average molecular weight is 373 g/mol. The van der Waals surface area contributed by atoms with Crippen molar-refractivity contribution >= 4 is 20.1 Å². The van der Waals surface area contributed by atoms with Crippen molar-refractivity contribution in [2.75, 3.05) is 6.61 Å². The maximum absolute atomic E-state index is 6.41. The molecular formula is C21H44OSSi. The molecule has 0 aromatic rings. The lowest BCUT2D eigenvalue weighted by Crippen LogP contribution is -2.41. The second-order valence-electron chi connectivity index (χ2n) is 10.00. The van der Waals surface area contributed by atoms with Gasteiger partial charge in [0.2, 0.25) is 0 Å². The molecule has 0 aliphatic heterocycles. The molecular weight excluding hydrogens is 328 g/mol. The van der Waals surface area contributed by atoms with Gasteiger partial charge in [0.05, 0.1) is 0 Å². The summed E-state index contributed by atoms with van der Waals surface area (Å²) in [5.41, 5.74) is 1.52. The second-order valence-corrected chi connectivity index (χ2v) is 16.8. The number of thioether (sulfide) groups is 1. The summed E-state index contributed by atoms with van der Waals surface area (Å²) in [5, 5.41) is 0.887. The Hall–Kier alpha value is 0.267. The molecule has 0 unspecified atom stereocenters. The predicted octanol–water partition coefficient (Wildman–Crippen LogP) is 7.54. The summed E-state index contributed by atoms with van der Waals surface area (Å²) in [6, 6.07) is 0. The summed E-state index contributed by atoms with van der Waals surface area (Å²) in [6.45, 7) is 28.7. The van der Waals surface area contributed by atoms with E-state index in [1.54, 1.807) is 0 Å². The van der Waals surface area contributed by atoms with Crippen LogP contribution in [-0.2, 0) is 4.43 Å². The molecule has 0 N–H and O–H groups in total. The van der Waals surface area contributed by atoms with Crippen molar-refractivity contribution in [1.82, 2.24) is 0 Å². The van der Waals surface area contributed by atoms with Gasteiger partial charge >= 0.3 is 0 Å². The molecule has 0 bridgehead atoms. The molecule has 1 nitrogen and oxygen atoms in total. The molecule has 0 aliphatic carbocycles. The van der Waals surface area contributed by atoms with Crippen LogP contribution in [0.4, 0.5) is 0 Å². The van der Waals surface area contributed by atoms with Crippen LogP contribution in [0.25, 0.3) is 0 Å². The number of hydrogen-bond acceptors (Lipinski definition) is 2. The van der Waals surface area contributed by atoms with Crippen LogP contribution in [0.15, 0.2) is 11.6 Å². The molecule has 0 aliphatic rings. The van der Waals surface area contributed by atoms with Crippen molar-refractivity contribution in [3.8, 4) is 0 Å². The van der Waals surface area contributed by atoms with E-state index in [9.17, 15) is 0 Å². The van der Waals surface area contributed by atoms with Crippen LogP contribution in [0.3, 0.4) is 0 Å². The van der Waals surface area contributed by atoms with E-state index in [1.807, 2.05) is 0 Å². The first kappa shape index (κ1) is 24.3. The lowest BCUT2D eigenvalue weighted by molar-refractivity contribution is 0.258. The Bertz CT molecular complexity index is 401. The molecule has 3 atom stereocenters. The van der Waals surface area contributed by atoms with Gasteiger partial charge in [0, 0.05) is 16.6 Å². The SMILES string of the molecule is CC[C@H](C)[C@H](SC(C)(C)C)/C(C)=C/[C@H](C)CO[Si](C)(C)C(C)(C)C. The average Bonchev–Trinajstić information content (AvgIpc) is 2.39. The summed E-state index contributed by atoms with van der Waals surface area (Å²) in [4.78, 5) is 0. The molecule has 0 saturated heterocycles. The minimum atomic E-state index is -1.65. The lowest BCUT2D eigenvalue weighted by Gasteiger charge is -2.37. The molecule has 0 amide bonds. The Morgan fingerprint density at radius 2 is 1.58 bits per heavy atom. The lowest BCUT2D eigenvalue weighted by atomic mass is 9.96. The third-order valence-electron chi connectivity index (χ3n) is 5.15. The van der Waals surface area contributed by atoms with Crippen LogP contribution in [-0.4, -0.2) is 24.9 Å². The van der Waals surface area contributed by atoms with Gasteiger partial charge < -0.3 is 4.43 Å². The normalized spacial score (nSPS) is 18.4. The van der Waals surface area contributed by atoms with Crippen LogP contribution in [0.5, 0.6) is 0 Å². The highest BCUT2D eigenvalue weighted by Crippen LogP contribution is 2.38. The first-order valence-electron chi connectivity index (χ1n) is 9.60. The predicted molar refractivity (Wildman–Crippen MR) is 117 cm³/mol. The molecule has 0 aromatic heterocycles. The molecule has 0 rings (SSSR count). The minimum Gasteiger partial charge on any atom is -0.416 e. The van der Waals surface area contributed by atoms with Crippen molar-refractivity contribution in [3.63, 3.8) is 0 Å². The van der Waals surface area contributed by atoms with Crippen LogP contribution in [0, 0.1) is 11.8 Å². The Morgan fingerprint density at radius 1 is 1.08 bits per heavy atom. The highest BCUT2D eigenvalue weighted by atomic mass is 32.2. The van der Waals surface area contributed by atoms with Crippen molar-refractivity contribution < 1.29 is 4.43 Å². The summed E-state index contributed by atoms with van der Waals surface area (Å²) < 4.78 is 6.71. The van der Waals surface area contributed by atoms with Crippen LogP contribution >= 0.6 is 11.8 Å². The summed E-state index contributed by atoms with van der Waals surface area (Å²) in [5.74, 6) is 1.19. The summed E-state index contributed by atoms with van der Waals surface area (Å²) in [6.07, 6.45) is 3.69. The fourth-order valence-corrected chi connectivity index (χ4v) is 4.96. The minimum absolute atomic E-state index is 0.285. The van der Waals surface area contributed by atoms with E-state index < -0.39 is 8.32 Å². The van der Waals surface area contributed by atoms with Crippen LogP contribution in [0.2, 0.25) is 18.1 Å². The van der Waals surface area contributed by atoms with Crippen LogP contribution < -0.4 is 0 Å². The third-order valence-corrected chi connectivity index (χ3v) is 11.4. The Kier molecular flexibility index (Phi) is 9.38. The Labute approximate surface area is 158 Å². The zero-order valence-corrected chi connectivity index (χ0v) is 20.4. The standard InChI is InChI=1S/C21H44OSSi/c1-13-17(3)19(23-20(5,6)7)18(4)14-16(2)15-22-24(11,12)21(8,9)10/h14,16-17,19H,13,15H2,1-12H3/b18-14+/t16-,17-,19-/m0/s1. The highest BCUT2D eigenvalue weighted by Gasteiger charge is 2.37. The quantitative estimate of drug-likeness (QED) is 0.321. The molecule has 0 saturated carbocycles. The monoisotopic (exact) mass is 372 g/mol. The van der Waals surface area contributed by atoms with Crippen molar-refractivity contribution in [2.45, 2.75) is 104 Å². The largest absolute Gasteiger partial charge is 0.416 e. The fraction of sp³-hybridized carbons (Fsp3) is 0.905. The van der Waals surface area contributed by atoms with E-state index in [2.05, 4.69) is 100 Å². The molecule has 3 heteroatoms. The highest BCUT2D eigenvalue weighted by molar-refractivity contribution is 8.01. The maximum atomic E-state index is 6.41. The van der Waals surface area contributed by atoms with Gasteiger partial charge in [-0.2, -0.15) is 0 Å². The van der Waals surface area contributed by atoms with Crippen molar-refractivity contribution in [1.29, 1.82) is 0 Å². The first-order chi connectivity index (χ1) is 10.6. The zero-order valence-electron chi connectivity index (χ0n) is 18.5. The van der Waals surface area contributed by atoms with Gasteiger partial charge in [-0.25, -0.2) is 0 Å². The van der Waals surface area contributed by atoms with Gasteiger partial charge in [-0.1, -0.05) is 80.4 Å². The van der Waals surface area contributed by atoms with Crippen molar-refractivity contribution in [3.05, 3.63) is 11.6 Å². The number of rotatable bonds is 8. The van der Waals surface area contributed by atoms with Crippen molar-refractivity contribution in [2.24, 2.45) is 11.8 Å². The fourth-order valence-electron chi connectivity index (χ4n) is 2.40. The molecule has 0 heterocycles. The molecule has 0 spiro atoms. The third kappa shape index (κ3) is 8.58. The van der Waals surface area contributed by atoms with E-state index >= 15 is 0 Å². The molecule has 144 valence electrons. The summed E-state index contributed by atoms with van der Waals surface area (Å²) >= 11 is 2.11.